The van der Waals surface area contributed by atoms with Gasteiger partial charge >= 0.3 is 0 Å². The Morgan fingerprint density at radius 2 is 2.08 bits per heavy atom. The van der Waals surface area contributed by atoms with E-state index in [-0.39, 0.29) is 18.3 Å². The highest BCUT2D eigenvalue weighted by Gasteiger charge is 2.25. The fourth-order valence-electron chi connectivity index (χ4n) is 3.01. The Labute approximate surface area is 149 Å². The van der Waals surface area contributed by atoms with Gasteiger partial charge in [0, 0.05) is 5.69 Å². The van der Waals surface area contributed by atoms with Crippen LogP contribution in [-0.4, -0.2) is 27.5 Å². The largest absolute Gasteiger partial charge is 0.481 e. The number of hydrogen-bond acceptors (Lipinski definition) is 4. The lowest BCUT2D eigenvalue weighted by Crippen LogP contribution is -2.34. The van der Waals surface area contributed by atoms with Gasteiger partial charge in [-0.3, -0.25) is 4.79 Å². The smallest absolute Gasteiger partial charge is 0.265 e. The van der Waals surface area contributed by atoms with Crippen LogP contribution in [0.25, 0.3) is 0 Å². The van der Waals surface area contributed by atoms with Crippen molar-refractivity contribution in [1.82, 2.24) is 15.0 Å². The van der Waals surface area contributed by atoms with E-state index in [2.05, 4.69) is 10.3 Å². The summed E-state index contributed by atoms with van der Waals surface area (Å²) in [4.78, 5) is 14.5. The van der Waals surface area contributed by atoms with Crippen LogP contribution in [0.4, 0.5) is 10.1 Å². The molecule has 1 aromatic heterocycles. The number of rotatable bonds is 3. The molecule has 7 heteroatoms. The molecule has 132 valence electrons. The van der Waals surface area contributed by atoms with E-state index < -0.39 is 5.82 Å². The van der Waals surface area contributed by atoms with Crippen molar-refractivity contribution in [2.45, 2.75) is 20.0 Å². The minimum absolute atomic E-state index is 0.0770. The first-order chi connectivity index (χ1) is 12.6. The fraction of sp³-hybridized carbons (Fsp3) is 0.211. The first-order valence-corrected chi connectivity index (χ1v) is 8.26. The van der Waals surface area contributed by atoms with Gasteiger partial charge in [0.15, 0.2) is 18.2 Å². The van der Waals surface area contributed by atoms with Crippen molar-refractivity contribution < 1.29 is 13.9 Å². The Morgan fingerprint density at radius 1 is 1.23 bits per heavy atom. The number of benzene rings is 2. The normalized spacial score (nSPS) is 12.9. The van der Waals surface area contributed by atoms with Gasteiger partial charge in [-0.2, -0.15) is 0 Å². The molecule has 0 atom stereocenters. The third kappa shape index (κ3) is 3.03. The van der Waals surface area contributed by atoms with Crippen LogP contribution in [-0.2, 0) is 17.9 Å². The topological polar surface area (TPSA) is 60.2 Å². The second-order valence-electron chi connectivity index (χ2n) is 6.21. The molecular formula is C19H17FN4O2. The van der Waals surface area contributed by atoms with Crippen molar-refractivity contribution in [3.05, 3.63) is 71.3 Å². The van der Waals surface area contributed by atoms with Crippen LogP contribution < -0.4 is 9.64 Å². The number of para-hydroxylation sites is 1. The molecule has 0 spiro atoms. The van der Waals surface area contributed by atoms with E-state index in [1.54, 1.807) is 27.9 Å². The Morgan fingerprint density at radius 3 is 2.96 bits per heavy atom. The molecule has 0 fully saturated rings. The summed E-state index contributed by atoms with van der Waals surface area (Å²) in [6, 6.07) is 12.2. The van der Waals surface area contributed by atoms with Crippen LogP contribution in [0.1, 0.15) is 16.8 Å². The molecule has 0 radical (unpaired) electrons. The average Bonchev–Trinajstić information content (AvgIpc) is 3.01. The summed E-state index contributed by atoms with van der Waals surface area (Å²) in [5, 5.41) is 7.99. The molecule has 0 unspecified atom stereocenters. The van der Waals surface area contributed by atoms with Crippen molar-refractivity contribution >= 4 is 11.6 Å². The number of nitrogens with zero attached hydrogens (tertiary/aromatic N) is 4. The van der Waals surface area contributed by atoms with Crippen molar-refractivity contribution in [3.63, 3.8) is 0 Å². The summed E-state index contributed by atoms with van der Waals surface area (Å²) in [5.74, 6) is -0.664. The number of carbonyl (C=O) groups excluding carboxylic acids is 1. The molecule has 0 saturated heterocycles. The van der Waals surface area contributed by atoms with E-state index >= 15 is 0 Å². The summed E-state index contributed by atoms with van der Waals surface area (Å²) >= 11 is 0. The van der Waals surface area contributed by atoms with E-state index in [1.807, 2.05) is 31.2 Å². The minimum Gasteiger partial charge on any atom is -0.481 e. The lowest BCUT2D eigenvalue weighted by atomic mass is 10.1. The predicted molar refractivity (Wildman–Crippen MR) is 93.4 cm³/mol. The molecule has 0 bridgehead atoms. The van der Waals surface area contributed by atoms with E-state index in [0.717, 1.165) is 22.5 Å². The number of aryl methyl sites for hydroxylation is 1. The maximum absolute atomic E-state index is 13.9. The number of hydrogen-bond donors (Lipinski definition) is 0. The second kappa shape index (κ2) is 6.59. The zero-order valence-corrected chi connectivity index (χ0v) is 14.2. The highest BCUT2D eigenvalue weighted by atomic mass is 19.1. The second-order valence-corrected chi connectivity index (χ2v) is 6.21. The van der Waals surface area contributed by atoms with E-state index in [4.69, 9.17) is 4.74 Å². The van der Waals surface area contributed by atoms with Crippen LogP contribution in [0.15, 0.2) is 48.7 Å². The van der Waals surface area contributed by atoms with Gasteiger partial charge in [-0.15, -0.1) is 5.10 Å². The molecule has 6 nitrogen and oxygen atoms in total. The highest BCUT2D eigenvalue weighted by Crippen LogP contribution is 2.27. The lowest BCUT2D eigenvalue weighted by molar-refractivity contribution is -0.120. The lowest BCUT2D eigenvalue weighted by Gasteiger charge is -2.22. The summed E-state index contributed by atoms with van der Waals surface area (Å²) in [6.07, 6.45) is 1.65. The van der Waals surface area contributed by atoms with Crippen molar-refractivity contribution in [2.24, 2.45) is 0 Å². The minimum atomic E-state index is -0.484. The average molecular weight is 352 g/mol. The van der Waals surface area contributed by atoms with E-state index in [1.165, 1.54) is 6.07 Å². The third-order valence-corrected chi connectivity index (χ3v) is 4.36. The quantitative estimate of drug-likeness (QED) is 0.727. The van der Waals surface area contributed by atoms with Gasteiger partial charge in [-0.1, -0.05) is 29.5 Å². The molecule has 1 aliphatic rings. The molecule has 3 aromatic rings. The summed E-state index contributed by atoms with van der Waals surface area (Å²) < 4.78 is 21.1. The summed E-state index contributed by atoms with van der Waals surface area (Å²) in [6.45, 7) is 2.47. The molecule has 1 amide bonds. The Kier molecular flexibility index (Phi) is 4.12. The van der Waals surface area contributed by atoms with E-state index in [9.17, 15) is 9.18 Å². The Hall–Kier alpha value is -3.22. The summed E-state index contributed by atoms with van der Waals surface area (Å²) in [7, 11) is 0. The monoisotopic (exact) mass is 352 g/mol. The fourth-order valence-corrected chi connectivity index (χ4v) is 3.01. The van der Waals surface area contributed by atoms with Gasteiger partial charge in [0.25, 0.3) is 5.91 Å². The van der Waals surface area contributed by atoms with Crippen LogP contribution in [0.3, 0.4) is 0 Å². The number of carbonyl (C=O) groups is 1. The van der Waals surface area contributed by atoms with Crippen LogP contribution in [0, 0.1) is 12.7 Å². The zero-order chi connectivity index (χ0) is 18.1. The molecule has 26 heavy (non-hydrogen) atoms. The van der Waals surface area contributed by atoms with Crippen LogP contribution >= 0.6 is 0 Å². The van der Waals surface area contributed by atoms with Gasteiger partial charge in [-0.05, 0) is 36.2 Å². The molecule has 4 rings (SSSR count). The number of halogens is 1. The van der Waals surface area contributed by atoms with E-state index in [0.29, 0.717) is 13.1 Å². The number of ether oxygens (including phenoxy) is 1. The molecule has 2 heterocycles. The van der Waals surface area contributed by atoms with Crippen LogP contribution in [0.5, 0.6) is 5.75 Å². The molecule has 0 saturated carbocycles. The molecule has 0 N–H and O–H groups in total. The van der Waals surface area contributed by atoms with Gasteiger partial charge in [0.2, 0.25) is 0 Å². The predicted octanol–water partition coefficient (Wildman–Crippen LogP) is 2.70. The van der Waals surface area contributed by atoms with Gasteiger partial charge in [-0.25, -0.2) is 9.07 Å². The maximum Gasteiger partial charge on any atom is 0.265 e. The number of aromatic nitrogens is 3. The number of anilines is 1. The molecule has 2 aromatic carbocycles. The van der Waals surface area contributed by atoms with Crippen LogP contribution in [0.2, 0.25) is 0 Å². The van der Waals surface area contributed by atoms with Crippen molar-refractivity contribution in [2.75, 3.05) is 11.5 Å². The third-order valence-electron chi connectivity index (χ3n) is 4.36. The van der Waals surface area contributed by atoms with Crippen molar-refractivity contribution in [1.29, 1.82) is 0 Å². The number of fused-ring (bicyclic) bond motifs is 2. The SMILES string of the molecule is Cc1ccc(F)c(OCC(=O)N2Cc3cnnn3Cc3ccccc32)c1. The number of amides is 1. The van der Waals surface area contributed by atoms with Gasteiger partial charge < -0.3 is 9.64 Å². The molecule has 1 aliphatic heterocycles. The summed E-state index contributed by atoms with van der Waals surface area (Å²) in [5.41, 5.74) is 3.46. The molecule has 0 aliphatic carbocycles. The first-order valence-electron chi connectivity index (χ1n) is 8.26. The standard InChI is InChI=1S/C19H17FN4O2/c1-13-6-7-16(20)18(8-13)26-12-19(25)23-11-15-9-21-22-24(15)10-14-4-2-3-5-17(14)23/h2-9H,10-12H2,1H3. The first kappa shape index (κ1) is 16.3. The Bertz CT molecular complexity index is 970. The van der Waals surface area contributed by atoms with Gasteiger partial charge in [0.05, 0.1) is 25.0 Å². The maximum atomic E-state index is 13.9. The zero-order valence-electron chi connectivity index (χ0n) is 14.2. The highest BCUT2D eigenvalue weighted by molar-refractivity contribution is 5.95. The van der Waals surface area contributed by atoms with Gasteiger partial charge in [0.1, 0.15) is 0 Å². The Balaban J connectivity index is 1.59. The molecular weight excluding hydrogens is 335 g/mol. The van der Waals surface area contributed by atoms with Crippen molar-refractivity contribution in [3.8, 4) is 5.75 Å².